The minimum atomic E-state index is -0.479. The highest BCUT2D eigenvalue weighted by atomic mass is 16.3. The summed E-state index contributed by atoms with van der Waals surface area (Å²) < 4.78 is 0. The smallest absolute Gasteiger partial charge is 0.253 e. The first-order chi connectivity index (χ1) is 12.3. The number of carbonyl (C=O) groups is 1. The van der Waals surface area contributed by atoms with E-state index in [-0.39, 0.29) is 18.1 Å². The maximum Gasteiger partial charge on any atom is 0.253 e. The third kappa shape index (κ3) is 4.68. The van der Waals surface area contributed by atoms with Crippen LogP contribution in [0.5, 0.6) is 0 Å². The summed E-state index contributed by atoms with van der Waals surface area (Å²) in [4.78, 5) is 21.5. The molecular formula is C19H27N5O2. The zero-order valence-electron chi connectivity index (χ0n) is 15.3. The second kappa shape index (κ2) is 7.55. The first kappa shape index (κ1) is 18.5. The van der Waals surface area contributed by atoms with E-state index in [4.69, 9.17) is 5.73 Å². The summed E-state index contributed by atoms with van der Waals surface area (Å²) in [6, 6.07) is 5.72. The van der Waals surface area contributed by atoms with E-state index < -0.39 is 5.54 Å². The van der Waals surface area contributed by atoms with Crippen LogP contribution in [0, 0.1) is 0 Å². The Morgan fingerprint density at radius 1 is 1.31 bits per heavy atom. The Hall–Kier alpha value is -2.25. The van der Waals surface area contributed by atoms with Crippen LogP contribution in [0.1, 0.15) is 49.9 Å². The van der Waals surface area contributed by atoms with Gasteiger partial charge in [-0.2, -0.15) is 0 Å². The minimum Gasteiger partial charge on any atom is -0.393 e. The largest absolute Gasteiger partial charge is 0.393 e. The highest BCUT2D eigenvalue weighted by Gasteiger charge is 2.20. The fourth-order valence-electron chi connectivity index (χ4n) is 3.11. The van der Waals surface area contributed by atoms with E-state index in [1.807, 2.05) is 26.0 Å². The van der Waals surface area contributed by atoms with Gasteiger partial charge in [-0.05, 0) is 45.6 Å². The van der Waals surface area contributed by atoms with Crippen molar-refractivity contribution in [2.45, 2.75) is 57.2 Å². The second-order valence-corrected chi connectivity index (χ2v) is 7.76. The molecule has 0 atom stereocenters. The Kier molecular flexibility index (Phi) is 5.38. The molecule has 3 rings (SSSR count). The van der Waals surface area contributed by atoms with Gasteiger partial charge in [0.2, 0.25) is 5.95 Å². The molecule has 1 fully saturated rings. The van der Waals surface area contributed by atoms with Crippen LogP contribution in [0.3, 0.4) is 0 Å². The van der Waals surface area contributed by atoms with Gasteiger partial charge in [-0.1, -0.05) is 12.1 Å². The molecule has 0 saturated heterocycles. The average Bonchev–Trinajstić information content (AvgIpc) is 2.60. The molecule has 26 heavy (non-hydrogen) atoms. The van der Waals surface area contributed by atoms with Crippen LogP contribution >= 0.6 is 0 Å². The Morgan fingerprint density at radius 3 is 2.73 bits per heavy atom. The topological polar surface area (TPSA) is 113 Å². The van der Waals surface area contributed by atoms with Crippen LogP contribution in [0.15, 0.2) is 24.4 Å². The van der Waals surface area contributed by atoms with E-state index in [9.17, 15) is 9.90 Å². The Morgan fingerprint density at radius 2 is 2.04 bits per heavy atom. The molecule has 1 amide bonds. The van der Waals surface area contributed by atoms with E-state index in [1.54, 1.807) is 12.3 Å². The second-order valence-electron chi connectivity index (χ2n) is 7.76. The zero-order valence-corrected chi connectivity index (χ0v) is 15.3. The number of aliphatic hydroxyl groups is 1. The highest BCUT2D eigenvalue weighted by molar-refractivity contribution is 6.05. The van der Waals surface area contributed by atoms with Crippen molar-refractivity contribution in [2.75, 3.05) is 11.9 Å². The number of carbonyl (C=O) groups excluding carboxylic acids is 1. The number of fused-ring (bicyclic) bond motifs is 1. The molecule has 0 spiro atoms. The van der Waals surface area contributed by atoms with E-state index in [2.05, 4.69) is 20.6 Å². The molecule has 1 aromatic carbocycles. The Balaban J connectivity index is 1.80. The van der Waals surface area contributed by atoms with Crippen molar-refractivity contribution in [2.24, 2.45) is 5.73 Å². The lowest BCUT2D eigenvalue weighted by atomic mass is 9.93. The monoisotopic (exact) mass is 357 g/mol. The third-order valence-electron chi connectivity index (χ3n) is 4.59. The quantitative estimate of drug-likeness (QED) is 0.649. The number of anilines is 1. The fraction of sp³-hybridized carbons (Fsp3) is 0.526. The van der Waals surface area contributed by atoms with Crippen molar-refractivity contribution >= 4 is 22.8 Å². The van der Waals surface area contributed by atoms with E-state index in [0.29, 0.717) is 23.6 Å². The number of nitrogens with zero attached hydrogens (tertiary/aromatic N) is 2. The number of para-hydroxylation sites is 1. The zero-order chi connectivity index (χ0) is 18.7. The van der Waals surface area contributed by atoms with Crippen LogP contribution < -0.4 is 16.4 Å². The molecule has 0 radical (unpaired) electrons. The van der Waals surface area contributed by atoms with Gasteiger partial charge in [0.15, 0.2) is 0 Å². The van der Waals surface area contributed by atoms with Crippen LogP contribution in [-0.2, 0) is 0 Å². The van der Waals surface area contributed by atoms with Gasteiger partial charge in [0, 0.05) is 29.7 Å². The van der Waals surface area contributed by atoms with Crippen LogP contribution in [0.25, 0.3) is 10.9 Å². The first-order valence-corrected chi connectivity index (χ1v) is 9.09. The number of benzene rings is 1. The molecule has 0 aliphatic heterocycles. The molecule has 1 aromatic heterocycles. The number of aliphatic hydroxyl groups excluding tert-OH is 1. The number of aromatic nitrogens is 2. The van der Waals surface area contributed by atoms with Crippen molar-refractivity contribution in [3.63, 3.8) is 0 Å². The number of hydrogen-bond acceptors (Lipinski definition) is 6. The summed E-state index contributed by atoms with van der Waals surface area (Å²) in [5.41, 5.74) is 6.59. The van der Waals surface area contributed by atoms with Gasteiger partial charge in [-0.3, -0.25) is 4.79 Å². The molecular weight excluding hydrogens is 330 g/mol. The average molecular weight is 357 g/mol. The number of amides is 1. The molecule has 2 aromatic rings. The van der Waals surface area contributed by atoms with Gasteiger partial charge >= 0.3 is 0 Å². The Labute approximate surface area is 153 Å². The molecule has 7 heteroatoms. The van der Waals surface area contributed by atoms with Crippen LogP contribution in [0.4, 0.5) is 5.95 Å². The summed E-state index contributed by atoms with van der Waals surface area (Å²) >= 11 is 0. The van der Waals surface area contributed by atoms with E-state index in [1.165, 1.54) is 0 Å². The first-order valence-electron chi connectivity index (χ1n) is 9.09. The van der Waals surface area contributed by atoms with Crippen molar-refractivity contribution in [3.05, 3.63) is 30.0 Å². The SMILES string of the molecule is CC(C)(N)CNC(=O)c1cccc2cnc(NC3CCC(O)CC3)nc12. The summed E-state index contributed by atoms with van der Waals surface area (Å²) in [5, 5.41) is 16.6. The van der Waals surface area contributed by atoms with E-state index >= 15 is 0 Å². The van der Waals surface area contributed by atoms with Crippen molar-refractivity contribution in [1.29, 1.82) is 0 Å². The number of rotatable bonds is 5. The maximum absolute atomic E-state index is 12.6. The van der Waals surface area contributed by atoms with Crippen LogP contribution in [-0.4, -0.2) is 45.2 Å². The van der Waals surface area contributed by atoms with Crippen molar-refractivity contribution < 1.29 is 9.90 Å². The number of hydrogen-bond donors (Lipinski definition) is 4. The number of nitrogens with two attached hydrogens (primary N) is 1. The lowest BCUT2D eigenvalue weighted by Gasteiger charge is -2.26. The molecule has 5 N–H and O–H groups in total. The fourth-order valence-corrected chi connectivity index (χ4v) is 3.11. The normalized spacial score (nSPS) is 20.8. The predicted molar refractivity (Wildman–Crippen MR) is 102 cm³/mol. The molecule has 0 bridgehead atoms. The van der Waals surface area contributed by atoms with Gasteiger partial charge in [0.1, 0.15) is 0 Å². The molecule has 1 aliphatic rings. The van der Waals surface area contributed by atoms with Crippen LogP contribution in [0.2, 0.25) is 0 Å². The molecule has 7 nitrogen and oxygen atoms in total. The number of nitrogens with one attached hydrogen (secondary N) is 2. The van der Waals surface area contributed by atoms with Crippen molar-refractivity contribution in [3.8, 4) is 0 Å². The Bertz CT molecular complexity index is 779. The minimum absolute atomic E-state index is 0.195. The molecule has 1 aliphatic carbocycles. The summed E-state index contributed by atoms with van der Waals surface area (Å²) in [5.74, 6) is 0.317. The van der Waals surface area contributed by atoms with Gasteiger partial charge in [0.05, 0.1) is 17.2 Å². The summed E-state index contributed by atoms with van der Waals surface area (Å²) in [6.07, 6.45) is 4.87. The third-order valence-corrected chi connectivity index (χ3v) is 4.59. The summed E-state index contributed by atoms with van der Waals surface area (Å²) in [6.45, 7) is 4.10. The standard InChI is InChI=1S/C19H27N5O2/c1-19(2,20)11-22-17(26)15-5-3-4-12-10-21-18(24-16(12)15)23-13-6-8-14(25)9-7-13/h3-5,10,13-14,25H,6-9,11,20H2,1-2H3,(H,22,26)(H,21,23,24). The molecule has 1 saturated carbocycles. The molecule has 0 unspecified atom stereocenters. The molecule has 140 valence electrons. The van der Waals surface area contributed by atoms with Gasteiger partial charge in [-0.25, -0.2) is 9.97 Å². The van der Waals surface area contributed by atoms with Gasteiger partial charge in [-0.15, -0.1) is 0 Å². The van der Waals surface area contributed by atoms with E-state index in [0.717, 1.165) is 31.1 Å². The maximum atomic E-state index is 12.6. The van der Waals surface area contributed by atoms with Gasteiger partial charge < -0.3 is 21.5 Å². The highest BCUT2D eigenvalue weighted by Crippen LogP contribution is 2.22. The lowest BCUT2D eigenvalue weighted by Crippen LogP contribution is -2.45. The molecule has 1 heterocycles. The lowest BCUT2D eigenvalue weighted by molar-refractivity contribution is 0.0947. The van der Waals surface area contributed by atoms with Gasteiger partial charge in [0.25, 0.3) is 5.91 Å². The summed E-state index contributed by atoms with van der Waals surface area (Å²) in [7, 11) is 0. The van der Waals surface area contributed by atoms with Crippen molar-refractivity contribution in [1.82, 2.24) is 15.3 Å². The predicted octanol–water partition coefficient (Wildman–Crippen LogP) is 1.81.